The highest BCUT2D eigenvalue weighted by molar-refractivity contribution is 5.54. The summed E-state index contributed by atoms with van der Waals surface area (Å²) in [5.41, 5.74) is 1.21. The minimum atomic E-state index is 0.352. The fourth-order valence-electron chi connectivity index (χ4n) is 3.46. The molecule has 4 rings (SSSR count). The Morgan fingerprint density at radius 3 is 2.68 bits per heavy atom. The molecule has 1 atom stereocenters. The molecule has 0 unspecified atom stereocenters. The van der Waals surface area contributed by atoms with E-state index in [9.17, 15) is 0 Å². The lowest BCUT2D eigenvalue weighted by Gasteiger charge is -2.33. The Labute approximate surface area is 148 Å². The van der Waals surface area contributed by atoms with Gasteiger partial charge in [-0.2, -0.15) is 0 Å². The van der Waals surface area contributed by atoms with E-state index in [0.717, 1.165) is 64.0 Å². The molecule has 2 aromatic heterocycles. The third-order valence-electron chi connectivity index (χ3n) is 4.73. The number of nitrogens with one attached hydrogen (secondary N) is 1. The van der Waals surface area contributed by atoms with Crippen molar-refractivity contribution in [2.75, 3.05) is 54.5 Å². The highest BCUT2D eigenvalue weighted by atomic mass is 16.5. The predicted molar refractivity (Wildman–Crippen MR) is 98.2 cm³/mol. The molecule has 2 saturated heterocycles. The van der Waals surface area contributed by atoms with Gasteiger partial charge in [-0.25, -0.2) is 15.0 Å². The van der Waals surface area contributed by atoms with Crippen LogP contribution in [0.15, 0.2) is 36.8 Å². The molecule has 2 fully saturated rings. The molecule has 0 saturated carbocycles. The van der Waals surface area contributed by atoms with Crippen LogP contribution in [0.5, 0.6) is 0 Å². The van der Waals surface area contributed by atoms with E-state index in [1.807, 2.05) is 12.3 Å². The first-order valence-corrected chi connectivity index (χ1v) is 8.96. The fourth-order valence-corrected chi connectivity index (χ4v) is 3.46. The van der Waals surface area contributed by atoms with Crippen molar-refractivity contribution in [1.82, 2.24) is 15.0 Å². The maximum atomic E-state index is 5.44. The molecule has 2 aromatic rings. The fraction of sp³-hybridized carbons (Fsp3) is 0.500. The van der Waals surface area contributed by atoms with Gasteiger partial charge in [0.05, 0.1) is 13.2 Å². The maximum Gasteiger partial charge on any atom is 0.225 e. The molecule has 0 aromatic carbocycles. The molecule has 0 bridgehead atoms. The van der Waals surface area contributed by atoms with Crippen molar-refractivity contribution in [3.8, 4) is 0 Å². The molecule has 1 N–H and O–H groups in total. The molecular formula is C18H24N6O. The molecular weight excluding hydrogens is 316 g/mol. The van der Waals surface area contributed by atoms with Crippen LogP contribution in [0.4, 0.5) is 17.5 Å². The molecule has 2 aliphatic heterocycles. The lowest BCUT2D eigenvalue weighted by Crippen LogP contribution is -2.43. The summed E-state index contributed by atoms with van der Waals surface area (Å²) in [6.45, 7) is 5.36. The smallest absolute Gasteiger partial charge is 0.225 e. The predicted octanol–water partition coefficient (Wildman–Crippen LogP) is 1.79. The van der Waals surface area contributed by atoms with Crippen LogP contribution in [-0.2, 0) is 4.74 Å². The zero-order chi connectivity index (χ0) is 16.9. The van der Waals surface area contributed by atoms with Crippen molar-refractivity contribution in [3.63, 3.8) is 0 Å². The molecule has 7 heteroatoms. The zero-order valence-corrected chi connectivity index (χ0v) is 14.3. The van der Waals surface area contributed by atoms with Gasteiger partial charge < -0.3 is 19.9 Å². The minimum Gasteiger partial charge on any atom is -0.378 e. The van der Waals surface area contributed by atoms with E-state index in [2.05, 4.69) is 42.2 Å². The Morgan fingerprint density at radius 2 is 1.84 bits per heavy atom. The highest BCUT2D eigenvalue weighted by Gasteiger charge is 2.22. The summed E-state index contributed by atoms with van der Waals surface area (Å²) >= 11 is 0. The lowest BCUT2D eigenvalue weighted by molar-refractivity contribution is 0.122. The van der Waals surface area contributed by atoms with Crippen LogP contribution in [0.25, 0.3) is 0 Å². The quantitative estimate of drug-likeness (QED) is 0.910. The lowest BCUT2D eigenvalue weighted by atomic mass is 10.1. The highest BCUT2D eigenvalue weighted by Crippen LogP contribution is 2.22. The molecule has 2 aliphatic rings. The number of aromatic nitrogens is 3. The van der Waals surface area contributed by atoms with Gasteiger partial charge in [-0.05, 0) is 25.0 Å². The number of anilines is 3. The topological polar surface area (TPSA) is 66.4 Å². The molecule has 0 aliphatic carbocycles. The van der Waals surface area contributed by atoms with E-state index in [1.54, 1.807) is 12.4 Å². The van der Waals surface area contributed by atoms with Crippen molar-refractivity contribution >= 4 is 17.5 Å². The number of morpholine rings is 1. The summed E-state index contributed by atoms with van der Waals surface area (Å²) in [5.74, 6) is 1.74. The Hall–Kier alpha value is -2.41. The molecule has 0 radical (unpaired) electrons. The van der Waals surface area contributed by atoms with Crippen molar-refractivity contribution in [2.24, 2.45) is 0 Å². The van der Waals surface area contributed by atoms with Gasteiger partial charge >= 0.3 is 0 Å². The van der Waals surface area contributed by atoms with Gasteiger partial charge in [0.2, 0.25) is 5.95 Å². The van der Waals surface area contributed by atoms with E-state index < -0.39 is 0 Å². The number of nitrogens with zero attached hydrogens (tertiary/aromatic N) is 5. The van der Waals surface area contributed by atoms with Crippen LogP contribution in [0.1, 0.15) is 12.8 Å². The van der Waals surface area contributed by atoms with Gasteiger partial charge in [-0.3, -0.25) is 0 Å². The number of piperidine rings is 1. The SMILES string of the molecule is c1cnc(N2CCC[C@@H](Nc3cc(N4CCOCC4)ccn3)C2)nc1. The van der Waals surface area contributed by atoms with Gasteiger partial charge in [-0.15, -0.1) is 0 Å². The van der Waals surface area contributed by atoms with E-state index in [4.69, 9.17) is 4.74 Å². The summed E-state index contributed by atoms with van der Waals surface area (Å²) < 4.78 is 5.44. The van der Waals surface area contributed by atoms with Gasteiger partial charge in [0.25, 0.3) is 0 Å². The first-order valence-electron chi connectivity index (χ1n) is 8.96. The maximum absolute atomic E-state index is 5.44. The first-order chi connectivity index (χ1) is 12.4. The summed E-state index contributed by atoms with van der Waals surface area (Å²) in [5, 5.41) is 3.59. The largest absolute Gasteiger partial charge is 0.378 e. The van der Waals surface area contributed by atoms with Gasteiger partial charge in [0.1, 0.15) is 5.82 Å². The van der Waals surface area contributed by atoms with Gasteiger partial charge in [-0.1, -0.05) is 0 Å². The second-order valence-corrected chi connectivity index (χ2v) is 6.48. The molecule has 4 heterocycles. The van der Waals surface area contributed by atoms with E-state index in [1.165, 1.54) is 5.69 Å². The van der Waals surface area contributed by atoms with Crippen molar-refractivity contribution < 1.29 is 4.74 Å². The van der Waals surface area contributed by atoms with Crippen LogP contribution in [0, 0.1) is 0 Å². The summed E-state index contributed by atoms with van der Waals surface area (Å²) in [6, 6.07) is 6.42. The Bertz CT molecular complexity index is 676. The van der Waals surface area contributed by atoms with Crippen LogP contribution < -0.4 is 15.1 Å². The number of hydrogen-bond donors (Lipinski definition) is 1. The number of pyridine rings is 1. The van der Waals surface area contributed by atoms with Crippen molar-refractivity contribution in [1.29, 1.82) is 0 Å². The summed E-state index contributed by atoms with van der Waals surface area (Å²) in [7, 11) is 0. The normalized spacial score (nSPS) is 21.2. The monoisotopic (exact) mass is 340 g/mol. The second-order valence-electron chi connectivity index (χ2n) is 6.48. The van der Waals surface area contributed by atoms with Crippen LogP contribution in [0.2, 0.25) is 0 Å². The average molecular weight is 340 g/mol. The number of ether oxygens (including phenoxy) is 1. The Kier molecular flexibility index (Phi) is 4.92. The van der Waals surface area contributed by atoms with Crippen LogP contribution >= 0.6 is 0 Å². The summed E-state index contributed by atoms with van der Waals surface area (Å²) in [6.07, 6.45) is 7.74. The molecule has 0 amide bonds. The first kappa shape index (κ1) is 16.1. The van der Waals surface area contributed by atoms with E-state index >= 15 is 0 Å². The molecule has 25 heavy (non-hydrogen) atoms. The average Bonchev–Trinajstić information content (AvgIpc) is 2.70. The van der Waals surface area contributed by atoms with Crippen LogP contribution in [0.3, 0.4) is 0 Å². The molecule has 0 spiro atoms. The zero-order valence-electron chi connectivity index (χ0n) is 14.3. The standard InChI is InChI=1S/C18H24N6O/c1-3-15(14-24(8-1)18-20-5-2-6-21-18)22-17-13-16(4-7-19-17)23-9-11-25-12-10-23/h2,4-7,13,15H,1,3,8-12,14H2,(H,19,22)/t15-/m1/s1. The molecule has 7 nitrogen and oxygen atoms in total. The van der Waals surface area contributed by atoms with E-state index in [0.29, 0.717) is 6.04 Å². The van der Waals surface area contributed by atoms with Gasteiger partial charge in [0.15, 0.2) is 0 Å². The van der Waals surface area contributed by atoms with Gasteiger partial charge in [0, 0.05) is 62.6 Å². The van der Waals surface area contributed by atoms with Crippen LogP contribution in [-0.4, -0.2) is 60.4 Å². The molecule has 132 valence electrons. The number of rotatable bonds is 4. The third-order valence-corrected chi connectivity index (χ3v) is 4.73. The van der Waals surface area contributed by atoms with E-state index in [-0.39, 0.29) is 0 Å². The number of hydrogen-bond acceptors (Lipinski definition) is 7. The Morgan fingerprint density at radius 1 is 1.00 bits per heavy atom. The minimum absolute atomic E-state index is 0.352. The second kappa shape index (κ2) is 7.65. The van der Waals surface area contributed by atoms with Crippen molar-refractivity contribution in [2.45, 2.75) is 18.9 Å². The third kappa shape index (κ3) is 3.99. The summed E-state index contributed by atoms with van der Waals surface area (Å²) in [4.78, 5) is 17.8. The van der Waals surface area contributed by atoms with Crippen molar-refractivity contribution in [3.05, 3.63) is 36.8 Å². The Balaban J connectivity index is 1.41.